The van der Waals surface area contributed by atoms with Crippen molar-refractivity contribution in [2.24, 2.45) is 28.3 Å². The quantitative estimate of drug-likeness (QED) is 0.214. The number of nitrogens with two attached hydrogens (primary N) is 2. The molecule has 0 amide bonds. The first-order valence-electron chi connectivity index (χ1n) is 18.8. The van der Waals surface area contributed by atoms with Gasteiger partial charge in [-0.15, -0.1) is 0 Å². The summed E-state index contributed by atoms with van der Waals surface area (Å²) >= 11 is 0. The van der Waals surface area contributed by atoms with Crippen molar-refractivity contribution in [1.29, 1.82) is 0 Å². The van der Waals surface area contributed by atoms with Crippen LogP contribution >= 0.6 is 0 Å². The van der Waals surface area contributed by atoms with Gasteiger partial charge in [0.25, 0.3) is 0 Å². The molecule has 0 radical (unpaired) electrons. The fourth-order valence-corrected chi connectivity index (χ4v) is 7.01. The number of anilines is 1. The molecule has 0 atom stereocenters. The minimum atomic E-state index is 0.593. The zero-order valence-electron chi connectivity index (χ0n) is 31.0. The van der Waals surface area contributed by atoms with Crippen molar-refractivity contribution < 1.29 is 0 Å². The van der Waals surface area contributed by atoms with E-state index in [1.165, 1.54) is 93.1 Å². The van der Waals surface area contributed by atoms with Crippen LogP contribution in [0.2, 0.25) is 0 Å². The minimum absolute atomic E-state index is 0.593. The van der Waals surface area contributed by atoms with Crippen molar-refractivity contribution in [1.82, 2.24) is 0 Å². The van der Waals surface area contributed by atoms with Crippen molar-refractivity contribution in [3.05, 3.63) is 95.5 Å². The predicted molar refractivity (Wildman–Crippen MR) is 210 cm³/mol. The fraction of sp³-hybridized carbons (Fsp3) is 0.558. The molecular weight excluding hydrogens is 573 g/mol. The van der Waals surface area contributed by atoms with Gasteiger partial charge >= 0.3 is 0 Å². The molecule has 0 heterocycles. The van der Waals surface area contributed by atoms with Crippen molar-refractivity contribution in [2.45, 2.75) is 131 Å². The molecule has 4 rings (SSSR count). The molecule has 4 heteroatoms. The van der Waals surface area contributed by atoms with Gasteiger partial charge in [-0.2, -0.15) is 0 Å². The third-order valence-electron chi connectivity index (χ3n) is 9.86. The van der Waals surface area contributed by atoms with Crippen LogP contribution in [-0.2, 0) is 6.42 Å². The lowest BCUT2D eigenvalue weighted by Crippen LogP contribution is -2.34. The summed E-state index contributed by atoms with van der Waals surface area (Å²) in [4.78, 5) is 7.00. The summed E-state index contributed by atoms with van der Waals surface area (Å²) in [5, 5.41) is 0. The Kier molecular flexibility index (Phi) is 19.0. The summed E-state index contributed by atoms with van der Waals surface area (Å²) in [6, 6.07) is 16.1. The molecule has 0 bridgehead atoms. The summed E-state index contributed by atoms with van der Waals surface area (Å²) in [6.45, 7) is 22.8. The lowest BCUT2D eigenvalue weighted by Gasteiger charge is -2.38. The van der Waals surface area contributed by atoms with E-state index >= 15 is 0 Å². The number of aliphatic imine (C=N–C) groups is 1. The first-order valence-corrected chi connectivity index (χ1v) is 18.8. The lowest BCUT2D eigenvalue weighted by atomic mass is 9.77. The molecule has 260 valence electrons. The number of aryl methyl sites for hydroxylation is 2. The largest absolute Gasteiger partial charge is 0.404 e. The minimum Gasteiger partial charge on any atom is -0.404 e. The highest BCUT2D eigenvalue weighted by Gasteiger charge is 2.28. The molecular formula is C43H68N4. The highest BCUT2D eigenvalue weighted by Crippen LogP contribution is 2.40. The Morgan fingerprint density at radius 1 is 0.936 bits per heavy atom. The van der Waals surface area contributed by atoms with Gasteiger partial charge < -0.3 is 16.4 Å². The smallest absolute Gasteiger partial charge is 0.0414 e. The molecule has 2 saturated carbocycles. The van der Waals surface area contributed by atoms with Gasteiger partial charge in [0.1, 0.15) is 0 Å². The van der Waals surface area contributed by atoms with Crippen molar-refractivity contribution in [3.8, 4) is 0 Å². The number of rotatable bonds is 13. The van der Waals surface area contributed by atoms with E-state index in [4.69, 9.17) is 18.0 Å². The van der Waals surface area contributed by atoms with E-state index in [1.54, 1.807) is 11.8 Å². The second-order valence-corrected chi connectivity index (χ2v) is 13.3. The first kappa shape index (κ1) is 39.9. The maximum atomic E-state index is 6.00. The van der Waals surface area contributed by atoms with Crippen LogP contribution in [-0.4, -0.2) is 19.3 Å². The van der Waals surface area contributed by atoms with Crippen LogP contribution < -0.4 is 16.4 Å². The van der Waals surface area contributed by atoms with Gasteiger partial charge in [0.05, 0.1) is 0 Å². The van der Waals surface area contributed by atoms with Crippen LogP contribution in [0.5, 0.6) is 0 Å². The normalized spacial score (nSPS) is 18.5. The van der Waals surface area contributed by atoms with Crippen LogP contribution in [0, 0.1) is 18.8 Å². The molecule has 0 saturated heterocycles. The van der Waals surface area contributed by atoms with Crippen LogP contribution in [0.4, 0.5) is 5.69 Å². The fourth-order valence-electron chi connectivity index (χ4n) is 7.01. The average molecular weight is 641 g/mol. The van der Waals surface area contributed by atoms with Gasteiger partial charge in [0, 0.05) is 48.2 Å². The first-order chi connectivity index (χ1) is 22.8. The molecule has 0 spiro atoms. The molecule has 47 heavy (non-hydrogen) atoms. The zero-order chi connectivity index (χ0) is 34.6. The zero-order valence-corrected chi connectivity index (χ0v) is 31.0. The lowest BCUT2D eigenvalue weighted by molar-refractivity contribution is 0.323. The van der Waals surface area contributed by atoms with E-state index in [9.17, 15) is 0 Å². The Morgan fingerprint density at radius 2 is 1.64 bits per heavy atom. The number of hydrogen-bond acceptors (Lipinski definition) is 4. The van der Waals surface area contributed by atoms with Crippen molar-refractivity contribution in [2.75, 3.05) is 18.0 Å². The third kappa shape index (κ3) is 13.0. The Labute approximate surface area is 289 Å². The van der Waals surface area contributed by atoms with Gasteiger partial charge in [-0.25, -0.2) is 0 Å². The summed E-state index contributed by atoms with van der Waals surface area (Å²) in [5.41, 5.74) is 21.2. The molecule has 2 aromatic rings. The predicted octanol–water partition coefficient (Wildman–Crippen LogP) is 11.5. The van der Waals surface area contributed by atoms with Crippen molar-refractivity contribution in [3.63, 3.8) is 0 Å². The molecule has 2 aliphatic rings. The van der Waals surface area contributed by atoms with Crippen LogP contribution in [0.15, 0.2) is 78.2 Å². The Bertz CT molecular complexity index is 1260. The number of benzene rings is 2. The summed E-state index contributed by atoms with van der Waals surface area (Å²) in [5.74, 6) is 1.98. The maximum absolute atomic E-state index is 6.00. The molecule has 4 N–H and O–H groups in total. The number of hydrogen-bond donors (Lipinski definition) is 2. The highest BCUT2D eigenvalue weighted by molar-refractivity contribution is 6.09. The van der Waals surface area contributed by atoms with Gasteiger partial charge in [-0.1, -0.05) is 96.9 Å². The molecule has 4 nitrogen and oxygen atoms in total. The van der Waals surface area contributed by atoms with Gasteiger partial charge in [-0.05, 0) is 124 Å². The van der Waals surface area contributed by atoms with E-state index < -0.39 is 0 Å². The molecule has 2 aliphatic carbocycles. The van der Waals surface area contributed by atoms with E-state index in [2.05, 4.69) is 79.7 Å². The number of unbranched alkanes of at least 4 members (excludes halogenated alkanes) is 1. The van der Waals surface area contributed by atoms with E-state index in [0.717, 1.165) is 42.8 Å². The maximum Gasteiger partial charge on any atom is 0.0414 e. The molecule has 0 unspecified atom stereocenters. The summed E-state index contributed by atoms with van der Waals surface area (Å²) in [6.07, 6.45) is 19.7. The van der Waals surface area contributed by atoms with E-state index in [0.29, 0.717) is 17.8 Å². The second-order valence-electron chi connectivity index (χ2n) is 13.3. The van der Waals surface area contributed by atoms with E-state index in [1.807, 2.05) is 27.0 Å². The Morgan fingerprint density at radius 3 is 2.19 bits per heavy atom. The topological polar surface area (TPSA) is 67.6 Å². The van der Waals surface area contributed by atoms with Crippen LogP contribution in [0.3, 0.4) is 0 Å². The van der Waals surface area contributed by atoms with E-state index in [-0.39, 0.29) is 0 Å². The summed E-state index contributed by atoms with van der Waals surface area (Å²) < 4.78 is 0. The van der Waals surface area contributed by atoms with Crippen LogP contribution in [0.25, 0.3) is 5.57 Å². The molecule has 2 fully saturated rings. The Balaban J connectivity index is 0.000000756. The van der Waals surface area contributed by atoms with Gasteiger partial charge in [-0.3, -0.25) is 4.99 Å². The SMILES string of the molecule is C=C(C1CCCCC1)N(CC1CCC(c2ccc(CC)c(C)c2)CC1)c1cccc(/C(C=NCC)=C/N)c1.C=C(N)CCCC.CC. The third-order valence-corrected chi connectivity index (χ3v) is 9.86. The molecule has 0 aromatic heterocycles. The van der Waals surface area contributed by atoms with Crippen LogP contribution in [0.1, 0.15) is 140 Å². The summed E-state index contributed by atoms with van der Waals surface area (Å²) in [7, 11) is 0. The second kappa shape index (κ2) is 22.3. The number of allylic oxidation sites excluding steroid dienone is 3. The molecule has 2 aromatic carbocycles. The van der Waals surface area contributed by atoms with Crippen molar-refractivity contribution >= 4 is 17.5 Å². The Hall–Kier alpha value is -3.27. The van der Waals surface area contributed by atoms with Gasteiger partial charge in [0.15, 0.2) is 0 Å². The standard InChI is InChI=1S/C35H49N3.C6H13N.C2H6/c1-5-29-19-20-33(21-26(29)3)31-17-15-28(16-18-31)25-38(27(4)30-11-8-7-9-12-30)35-14-10-13-32(22-35)34(23-36)24-37-6-2;1-3-4-5-6(2)7;1-2/h10,13-14,19-24,28,30-31H,4-9,11-12,15-18,25,36H2,1-3H3;2-5,7H2,1H3;1-2H3/b34-23+,37-24?;;. The molecule has 0 aliphatic heterocycles. The number of nitrogens with zero attached hydrogens (tertiary/aromatic N) is 2. The monoisotopic (exact) mass is 641 g/mol. The average Bonchev–Trinajstić information content (AvgIpc) is 3.11. The highest BCUT2D eigenvalue weighted by atomic mass is 15.1. The van der Waals surface area contributed by atoms with Gasteiger partial charge in [0.2, 0.25) is 0 Å².